The van der Waals surface area contributed by atoms with Gasteiger partial charge in [0.25, 0.3) is 11.8 Å². The van der Waals surface area contributed by atoms with Gasteiger partial charge in [-0.3, -0.25) is 20.4 Å². The van der Waals surface area contributed by atoms with Gasteiger partial charge in [-0.05, 0) is 51.1 Å². The zero-order valence-electron chi connectivity index (χ0n) is 13.7. The Balaban J connectivity index is 2.08. The van der Waals surface area contributed by atoms with Crippen LogP contribution in [0.5, 0.6) is 5.75 Å². The molecular formula is C18H19BrN2O3. The summed E-state index contributed by atoms with van der Waals surface area (Å²) in [7, 11) is 0. The van der Waals surface area contributed by atoms with E-state index in [4.69, 9.17) is 4.74 Å². The summed E-state index contributed by atoms with van der Waals surface area (Å²) in [6, 6.07) is 12.2. The summed E-state index contributed by atoms with van der Waals surface area (Å²) in [4.78, 5) is 24.4. The number of amides is 2. The topological polar surface area (TPSA) is 67.4 Å². The Bertz CT molecular complexity index is 742. The molecule has 24 heavy (non-hydrogen) atoms. The maximum absolute atomic E-state index is 12.4. The monoisotopic (exact) mass is 390 g/mol. The quantitative estimate of drug-likeness (QED) is 0.783. The third-order valence-corrected chi connectivity index (χ3v) is 3.65. The number of nitrogens with one attached hydrogen (secondary N) is 2. The fraction of sp³-hybridized carbons (Fsp3) is 0.222. The van der Waals surface area contributed by atoms with Gasteiger partial charge in [0.1, 0.15) is 5.75 Å². The van der Waals surface area contributed by atoms with Crippen LogP contribution in [0.2, 0.25) is 0 Å². The summed E-state index contributed by atoms with van der Waals surface area (Å²) in [5.74, 6) is -0.382. The van der Waals surface area contributed by atoms with Crippen molar-refractivity contribution in [3.05, 3.63) is 63.6 Å². The second-order valence-electron chi connectivity index (χ2n) is 5.58. The number of carbonyl (C=O) groups is 2. The fourth-order valence-corrected chi connectivity index (χ4v) is 2.36. The average Bonchev–Trinajstić information content (AvgIpc) is 2.54. The van der Waals surface area contributed by atoms with Gasteiger partial charge in [-0.2, -0.15) is 0 Å². The van der Waals surface area contributed by atoms with Gasteiger partial charge in [0, 0.05) is 10.0 Å². The lowest BCUT2D eigenvalue weighted by Gasteiger charge is -2.15. The molecule has 0 radical (unpaired) electrons. The first-order valence-electron chi connectivity index (χ1n) is 7.50. The zero-order valence-corrected chi connectivity index (χ0v) is 15.3. The van der Waals surface area contributed by atoms with E-state index in [9.17, 15) is 9.59 Å². The smallest absolute Gasteiger partial charge is 0.273 e. The summed E-state index contributed by atoms with van der Waals surface area (Å²) in [6.45, 7) is 5.69. The molecule has 0 saturated carbocycles. The van der Waals surface area contributed by atoms with Gasteiger partial charge in [0.05, 0.1) is 11.7 Å². The Labute approximate surface area is 149 Å². The number of hydrogen-bond acceptors (Lipinski definition) is 3. The van der Waals surface area contributed by atoms with E-state index in [1.54, 1.807) is 30.3 Å². The van der Waals surface area contributed by atoms with E-state index in [0.29, 0.717) is 16.9 Å². The summed E-state index contributed by atoms with van der Waals surface area (Å²) in [5, 5.41) is 0. The molecule has 2 N–H and O–H groups in total. The third-order valence-electron chi connectivity index (χ3n) is 3.15. The van der Waals surface area contributed by atoms with Crippen molar-refractivity contribution in [2.45, 2.75) is 26.9 Å². The molecule has 2 aromatic carbocycles. The second kappa shape index (κ2) is 7.97. The van der Waals surface area contributed by atoms with Crippen molar-refractivity contribution in [3.8, 4) is 5.75 Å². The minimum atomic E-state index is -0.451. The summed E-state index contributed by atoms with van der Waals surface area (Å²) in [6.07, 6.45) is -0.0696. The molecule has 0 unspecified atom stereocenters. The van der Waals surface area contributed by atoms with Gasteiger partial charge < -0.3 is 4.74 Å². The Kier molecular flexibility index (Phi) is 5.98. The van der Waals surface area contributed by atoms with E-state index in [1.165, 1.54) is 0 Å². The number of hydrazine groups is 1. The average molecular weight is 391 g/mol. The lowest BCUT2D eigenvalue weighted by Crippen LogP contribution is -2.41. The highest BCUT2D eigenvalue weighted by Crippen LogP contribution is 2.24. The summed E-state index contributed by atoms with van der Waals surface area (Å²) in [5.41, 5.74) is 6.68. The first-order valence-corrected chi connectivity index (χ1v) is 8.29. The van der Waals surface area contributed by atoms with Gasteiger partial charge in [-0.1, -0.05) is 33.6 Å². The van der Waals surface area contributed by atoms with Crippen LogP contribution in [0.15, 0.2) is 46.9 Å². The molecule has 2 amide bonds. The molecule has 0 bridgehead atoms. The molecule has 0 heterocycles. The maximum atomic E-state index is 12.4. The lowest BCUT2D eigenvalue weighted by molar-refractivity contribution is 0.0843. The highest BCUT2D eigenvalue weighted by molar-refractivity contribution is 9.10. The van der Waals surface area contributed by atoms with E-state index < -0.39 is 5.91 Å². The van der Waals surface area contributed by atoms with Crippen LogP contribution in [0, 0.1) is 6.92 Å². The molecule has 2 aromatic rings. The summed E-state index contributed by atoms with van der Waals surface area (Å²) < 4.78 is 6.38. The highest BCUT2D eigenvalue weighted by Gasteiger charge is 2.15. The molecule has 0 saturated heterocycles. The van der Waals surface area contributed by atoms with Crippen molar-refractivity contribution >= 4 is 27.7 Å². The van der Waals surface area contributed by atoms with Crippen LogP contribution in [0.4, 0.5) is 0 Å². The van der Waals surface area contributed by atoms with Crippen LogP contribution in [-0.4, -0.2) is 17.9 Å². The molecule has 2 rings (SSSR count). The Morgan fingerprint density at radius 3 is 2.25 bits per heavy atom. The molecule has 0 atom stereocenters. The Morgan fingerprint density at radius 1 is 1.00 bits per heavy atom. The van der Waals surface area contributed by atoms with Crippen molar-refractivity contribution in [3.63, 3.8) is 0 Å². The number of aryl methyl sites for hydroxylation is 1. The van der Waals surface area contributed by atoms with Crippen molar-refractivity contribution < 1.29 is 14.3 Å². The molecule has 126 valence electrons. The SMILES string of the molecule is Cc1ccc(C(=O)NNC(=O)c2cc(Br)ccc2OC(C)C)cc1. The minimum absolute atomic E-state index is 0.0696. The largest absolute Gasteiger partial charge is 0.490 e. The summed E-state index contributed by atoms with van der Waals surface area (Å²) >= 11 is 3.33. The molecule has 0 aromatic heterocycles. The number of ether oxygens (including phenoxy) is 1. The predicted molar refractivity (Wildman–Crippen MR) is 96.0 cm³/mol. The molecule has 0 aliphatic heterocycles. The van der Waals surface area contributed by atoms with Gasteiger partial charge in [-0.15, -0.1) is 0 Å². The normalized spacial score (nSPS) is 10.4. The number of rotatable bonds is 4. The van der Waals surface area contributed by atoms with Crippen LogP contribution in [0.1, 0.15) is 40.1 Å². The predicted octanol–water partition coefficient (Wildman–Crippen LogP) is 3.62. The molecule has 0 spiro atoms. The number of hydrogen-bond donors (Lipinski definition) is 2. The zero-order chi connectivity index (χ0) is 17.7. The van der Waals surface area contributed by atoms with Crippen LogP contribution >= 0.6 is 15.9 Å². The van der Waals surface area contributed by atoms with Crippen molar-refractivity contribution in [1.82, 2.24) is 10.9 Å². The molecular weight excluding hydrogens is 372 g/mol. The fourth-order valence-electron chi connectivity index (χ4n) is 1.99. The maximum Gasteiger partial charge on any atom is 0.273 e. The van der Waals surface area contributed by atoms with E-state index in [1.807, 2.05) is 32.9 Å². The second-order valence-corrected chi connectivity index (χ2v) is 6.50. The van der Waals surface area contributed by atoms with Crippen molar-refractivity contribution in [1.29, 1.82) is 0 Å². The van der Waals surface area contributed by atoms with Crippen LogP contribution in [0.25, 0.3) is 0 Å². The Morgan fingerprint density at radius 2 is 1.62 bits per heavy atom. The van der Waals surface area contributed by atoms with Gasteiger partial charge >= 0.3 is 0 Å². The van der Waals surface area contributed by atoms with Crippen LogP contribution in [-0.2, 0) is 0 Å². The van der Waals surface area contributed by atoms with Crippen molar-refractivity contribution in [2.24, 2.45) is 0 Å². The molecule has 0 fully saturated rings. The first kappa shape index (κ1) is 18.0. The minimum Gasteiger partial charge on any atom is -0.490 e. The van der Waals surface area contributed by atoms with E-state index in [-0.39, 0.29) is 12.0 Å². The van der Waals surface area contributed by atoms with Crippen molar-refractivity contribution in [2.75, 3.05) is 0 Å². The third kappa shape index (κ3) is 4.83. The van der Waals surface area contributed by atoms with Gasteiger partial charge in [-0.25, -0.2) is 0 Å². The molecule has 0 aliphatic rings. The van der Waals surface area contributed by atoms with E-state index >= 15 is 0 Å². The first-order chi connectivity index (χ1) is 11.4. The van der Waals surface area contributed by atoms with E-state index in [2.05, 4.69) is 26.8 Å². The number of halogens is 1. The lowest BCUT2D eigenvalue weighted by atomic mass is 10.1. The van der Waals surface area contributed by atoms with Crippen LogP contribution < -0.4 is 15.6 Å². The number of carbonyl (C=O) groups excluding carboxylic acids is 2. The standard InChI is InChI=1S/C18H19BrN2O3/c1-11(2)24-16-9-8-14(19)10-15(16)18(23)21-20-17(22)13-6-4-12(3)5-7-13/h4-11H,1-3H3,(H,20,22)(H,21,23). The van der Waals surface area contributed by atoms with E-state index in [0.717, 1.165) is 10.0 Å². The van der Waals surface area contributed by atoms with Crippen LogP contribution in [0.3, 0.4) is 0 Å². The molecule has 6 heteroatoms. The number of benzene rings is 2. The Hall–Kier alpha value is -2.34. The van der Waals surface area contributed by atoms with Gasteiger partial charge in [0.2, 0.25) is 0 Å². The molecule has 0 aliphatic carbocycles. The molecule has 5 nitrogen and oxygen atoms in total. The highest BCUT2D eigenvalue weighted by atomic mass is 79.9. The van der Waals surface area contributed by atoms with Gasteiger partial charge in [0.15, 0.2) is 0 Å².